The van der Waals surface area contributed by atoms with E-state index >= 15 is 0 Å². The molecule has 0 aliphatic rings. The highest BCUT2D eigenvalue weighted by atomic mass is 35.5. The zero-order chi connectivity index (χ0) is 11.7. The third-order valence-electron chi connectivity index (χ3n) is 1.59. The predicted octanol–water partition coefficient (Wildman–Crippen LogP) is 0.0609. The molecule has 5 nitrogen and oxygen atoms in total. The molecule has 0 aromatic heterocycles. The molecule has 0 radical (unpaired) electrons. The Balaban J connectivity index is 3.65. The van der Waals surface area contributed by atoms with E-state index in [9.17, 15) is 13.2 Å². The number of amides is 1. The number of halogens is 1. The molecule has 0 fully saturated rings. The standard InChI is InChI=1S/C8H17ClN2O3S/c1-2-11-15(13,14)7-6-10-8(12)4-3-5-9/h11H,2-7H2,1H3,(H,10,12). The minimum atomic E-state index is -3.24. The molecule has 90 valence electrons. The number of carbonyl (C=O) groups excluding carboxylic acids is 1. The van der Waals surface area contributed by atoms with Gasteiger partial charge in [0.05, 0.1) is 5.75 Å². The highest BCUT2D eigenvalue weighted by Gasteiger charge is 2.08. The lowest BCUT2D eigenvalue weighted by Gasteiger charge is -2.05. The molecule has 1 amide bonds. The van der Waals surface area contributed by atoms with Crippen LogP contribution in [0.1, 0.15) is 19.8 Å². The highest BCUT2D eigenvalue weighted by molar-refractivity contribution is 7.89. The first-order chi connectivity index (χ1) is 7.02. The molecule has 15 heavy (non-hydrogen) atoms. The van der Waals surface area contributed by atoms with E-state index in [4.69, 9.17) is 11.6 Å². The van der Waals surface area contributed by atoms with Gasteiger partial charge in [-0.05, 0) is 6.42 Å². The predicted molar refractivity (Wildman–Crippen MR) is 60.4 cm³/mol. The first-order valence-corrected chi connectivity index (χ1v) is 7.00. The molecular formula is C8H17ClN2O3S. The summed E-state index contributed by atoms with van der Waals surface area (Å²) >= 11 is 5.41. The number of sulfonamides is 1. The molecule has 0 heterocycles. The van der Waals surface area contributed by atoms with Gasteiger partial charge < -0.3 is 5.32 Å². The maximum Gasteiger partial charge on any atom is 0.220 e. The first-order valence-electron chi connectivity index (χ1n) is 4.82. The minimum Gasteiger partial charge on any atom is -0.355 e. The van der Waals surface area contributed by atoms with Crippen LogP contribution >= 0.6 is 11.6 Å². The van der Waals surface area contributed by atoms with Gasteiger partial charge in [-0.15, -0.1) is 11.6 Å². The Kier molecular flexibility index (Phi) is 7.72. The molecule has 0 aromatic rings. The van der Waals surface area contributed by atoms with Crippen LogP contribution in [0, 0.1) is 0 Å². The van der Waals surface area contributed by atoms with Gasteiger partial charge in [0.1, 0.15) is 0 Å². The Labute approximate surface area is 95.6 Å². The van der Waals surface area contributed by atoms with Crippen molar-refractivity contribution in [1.29, 1.82) is 0 Å². The van der Waals surface area contributed by atoms with Gasteiger partial charge in [-0.25, -0.2) is 13.1 Å². The molecule has 0 atom stereocenters. The fraction of sp³-hybridized carbons (Fsp3) is 0.875. The lowest BCUT2D eigenvalue weighted by Crippen LogP contribution is -2.34. The summed E-state index contributed by atoms with van der Waals surface area (Å²) in [6.07, 6.45) is 0.943. The van der Waals surface area contributed by atoms with E-state index in [1.807, 2.05) is 0 Å². The molecule has 0 rings (SSSR count). The van der Waals surface area contributed by atoms with E-state index in [0.717, 1.165) is 0 Å². The van der Waals surface area contributed by atoms with Crippen molar-refractivity contribution in [2.75, 3.05) is 24.7 Å². The molecule has 0 aliphatic carbocycles. The second-order valence-electron chi connectivity index (χ2n) is 2.96. The lowest BCUT2D eigenvalue weighted by molar-refractivity contribution is -0.120. The van der Waals surface area contributed by atoms with Crippen molar-refractivity contribution in [3.8, 4) is 0 Å². The molecule has 0 unspecified atom stereocenters. The topological polar surface area (TPSA) is 75.3 Å². The molecule has 0 aliphatic heterocycles. The van der Waals surface area contributed by atoms with E-state index < -0.39 is 10.0 Å². The van der Waals surface area contributed by atoms with Crippen LogP contribution in [-0.2, 0) is 14.8 Å². The Morgan fingerprint density at radius 2 is 2.07 bits per heavy atom. The van der Waals surface area contributed by atoms with Crippen molar-refractivity contribution in [2.45, 2.75) is 19.8 Å². The van der Waals surface area contributed by atoms with Crippen LogP contribution in [0.4, 0.5) is 0 Å². The Bertz CT molecular complexity index is 280. The summed E-state index contributed by atoms with van der Waals surface area (Å²) in [4.78, 5) is 11.1. The summed E-state index contributed by atoms with van der Waals surface area (Å²) in [6.45, 7) is 2.20. The van der Waals surface area contributed by atoms with Crippen molar-refractivity contribution in [3.63, 3.8) is 0 Å². The molecule has 0 aromatic carbocycles. The number of alkyl halides is 1. The second kappa shape index (κ2) is 7.90. The summed E-state index contributed by atoms with van der Waals surface area (Å²) in [6, 6.07) is 0. The van der Waals surface area contributed by atoms with E-state index in [1.54, 1.807) is 6.92 Å². The summed E-state index contributed by atoms with van der Waals surface area (Å²) in [5.41, 5.74) is 0. The largest absolute Gasteiger partial charge is 0.355 e. The zero-order valence-electron chi connectivity index (χ0n) is 8.75. The van der Waals surface area contributed by atoms with Crippen LogP contribution in [0.15, 0.2) is 0 Å². The van der Waals surface area contributed by atoms with Crippen LogP contribution in [-0.4, -0.2) is 39.0 Å². The lowest BCUT2D eigenvalue weighted by atomic mass is 10.3. The van der Waals surface area contributed by atoms with Crippen LogP contribution < -0.4 is 10.0 Å². The summed E-state index contributed by atoms with van der Waals surface area (Å²) < 4.78 is 24.6. The van der Waals surface area contributed by atoms with Crippen LogP contribution in [0.25, 0.3) is 0 Å². The Morgan fingerprint density at radius 1 is 1.40 bits per heavy atom. The van der Waals surface area contributed by atoms with Crippen LogP contribution in [0.2, 0.25) is 0 Å². The van der Waals surface area contributed by atoms with Crippen molar-refractivity contribution in [1.82, 2.24) is 10.0 Å². The van der Waals surface area contributed by atoms with Gasteiger partial charge in [-0.2, -0.15) is 0 Å². The Hall–Kier alpha value is -0.330. The van der Waals surface area contributed by atoms with Crippen molar-refractivity contribution >= 4 is 27.5 Å². The first kappa shape index (κ1) is 14.7. The number of nitrogens with one attached hydrogen (secondary N) is 2. The van der Waals surface area contributed by atoms with Crippen molar-refractivity contribution in [2.24, 2.45) is 0 Å². The number of carbonyl (C=O) groups is 1. The fourth-order valence-corrected chi connectivity index (χ4v) is 2.02. The smallest absolute Gasteiger partial charge is 0.220 e. The molecule has 0 bridgehead atoms. The van der Waals surface area contributed by atoms with Crippen molar-refractivity contribution in [3.05, 3.63) is 0 Å². The number of hydrogen-bond acceptors (Lipinski definition) is 3. The van der Waals surface area contributed by atoms with Crippen LogP contribution in [0.5, 0.6) is 0 Å². The summed E-state index contributed by atoms with van der Waals surface area (Å²) in [5, 5.41) is 2.52. The maximum absolute atomic E-state index is 11.1. The number of rotatable bonds is 8. The molecule has 2 N–H and O–H groups in total. The van der Waals surface area contributed by atoms with E-state index in [0.29, 0.717) is 25.3 Å². The average Bonchev–Trinajstić information content (AvgIpc) is 2.14. The second-order valence-corrected chi connectivity index (χ2v) is 5.26. The molecule has 0 saturated heterocycles. The van der Waals surface area contributed by atoms with Gasteiger partial charge in [0.25, 0.3) is 0 Å². The van der Waals surface area contributed by atoms with E-state index in [2.05, 4.69) is 10.0 Å². The fourth-order valence-electron chi connectivity index (χ4n) is 0.933. The molecule has 0 spiro atoms. The SMILES string of the molecule is CCNS(=O)(=O)CCNC(=O)CCCCl. The monoisotopic (exact) mass is 256 g/mol. The third kappa shape index (κ3) is 8.65. The average molecular weight is 257 g/mol. The van der Waals surface area contributed by atoms with E-state index in [1.165, 1.54) is 0 Å². The van der Waals surface area contributed by atoms with Crippen molar-refractivity contribution < 1.29 is 13.2 Å². The summed E-state index contributed by atoms with van der Waals surface area (Å²) in [7, 11) is -3.24. The zero-order valence-corrected chi connectivity index (χ0v) is 10.3. The van der Waals surface area contributed by atoms with Gasteiger partial charge in [-0.1, -0.05) is 6.92 Å². The normalized spacial score (nSPS) is 11.3. The number of hydrogen-bond donors (Lipinski definition) is 2. The van der Waals surface area contributed by atoms with Gasteiger partial charge in [0.15, 0.2) is 0 Å². The molecule has 7 heteroatoms. The maximum atomic E-state index is 11.1. The highest BCUT2D eigenvalue weighted by Crippen LogP contribution is 1.91. The quantitative estimate of drug-likeness (QED) is 0.603. The van der Waals surface area contributed by atoms with Gasteiger partial charge >= 0.3 is 0 Å². The van der Waals surface area contributed by atoms with Crippen LogP contribution in [0.3, 0.4) is 0 Å². The van der Waals surface area contributed by atoms with Gasteiger partial charge in [-0.3, -0.25) is 4.79 Å². The van der Waals surface area contributed by atoms with Gasteiger partial charge in [0.2, 0.25) is 15.9 Å². The molecule has 0 saturated carbocycles. The Morgan fingerprint density at radius 3 is 2.60 bits per heavy atom. The minimum absolute atomic E-state index is 0.0898. The third-order valence-corrected chi connectivity index (χ3v) is 3.33. The summed E-state index contributed by atoms with van der Waals surface area (Å²) in [5.74, 6) is 0.179. The van der Waals surface area contributed by atoms with E-state index in [-0.39, 0.29) is 18.2 Å². The van der Waals surface area contributed by atoms with Gasteiger partial charge in [0, 0.05) is 25.4 Å². The molecular weight excluding hydrogens is 240 g/mol.